The Labute approximate surface area is 115 Å². The molecular weight excluding hydrogens is 244 g/mol. The number of nitrogens with one attached hydrogen (secondary N) is 2. The van der Waals surface area contributed by atoms with Gasteiger partial charge >= 0.3 is 12.0 Å². The fourth-order valence-corrected chi connectivity index (χ4v) is 2.36. The number of hydrogen-bond acceptors (Lipinski definition) is 2. The molecule has 5 nitrogen and oxygen atoms in total. The van der Waals surface area contributed by atoms with Gasteiger partial charge in [-0.3, -0.25) is 4.79 Å². The lowest BCUT2D eigenvalue weighted by Gasteiger charge is -2.21. The number of carbonyl (C=O) groups is 2. The van der Waals surface area contributed by atoms with Crippen molar-refractivity contribution in [2.24, 2.45) is 5.92 Å². The molecule has 1 atom stereocenters. The molecule has 0 aromatic rings. The van der Waals surface area contributed by atoms with Gasteiger partial charge in [0.05, 0.1) is 5.92 Å². The predicted octanol–water partition coefficient (Wildman–Crippen LogP) is 2.51. The standard InChI is InChI=1S/C14H26N2O3/c1-11(13(17)18)9-10-15-14(19)16-12-7-5-3-2-4-6-8-12/h11-12H,2-10H2,1H3,(H,17,18)(H2,15,16,19). The van der Waals surface area contributed by atoms with Crippen molar-refractivity contribution in [2.45, 2.75) is 64.3 Å². The molecule has 0 aromatic heterocycles. The van der Waals surface area contributed by atoms with E-state index < -0.39 is 11.9 Å². The van der Waals surface area contributed by atoms with Gasteiger partial charge in [-0.2, -0.15) is 0 Å². The first kappa shape index (κ1) is 15.8. The van der Waals surface area contributed by atoms with Crippen LogP contribution in [0, 0.1) is 5.92 Å². The van der Waals surface area contributed by atoms with E-state index in [1.54, 1.807) is 6.92 Å². The second kappa shape index (κ2) is 8.77. The number of carboxylic acid groups (broad SMARTS) is 1. The topological polar surface area (TPSA) is 78.4 Å². The first-order valence-corrected chi connectivity index (χ1v) is 7.36. The Morgan fingerprint density at radius 3 is 2.32 bits per heavy atom. The maximum Gasteiger partial charge on any atom is 0.315 e. The zero-order chi connectivity index (χ0) is 14.1. The molecule has 0 aromatic carbocycles. The van der Waals surface area contributed by atoms with Gasteiger partial charge < -0.3 is 15.7 Å². The van der Waals surface area contributed by atoms with E-state index in [0.29, 0.717) is 13.0 Å². The van der Waals surface area contributed by atoms with Crippen molar-refractivity contribution in [1.29, 1.82) is 0 Å². The van der Waals surface area contributed by atoms with Crippen LogP contribution in [0.25, 0.3) is 0 Å². The first-order valence-electron chi connectivity index (χ1n) is 7.36. The number of carboxylic acids is 1. The third kappa shape index (κ3) is 7.03. The summed E-state index contributed by atoms with van der Waals surface area (Å²) in [5.41, 5.74) is 0. The fraction of sp³-hybridized carbons (Fsp3) is 0.857. The van der Waals surface area contributed by atoms with Crippen LogP contribution in [0.2, 0.25) is 0 Å². The van der Waals surface area contributed by atoms with E-state index in [1.807, 2.05) is 0 Å². The Balaban J connectivity index is 2.16. The molecule has 0 bridgehead atoms. The molecule has 1 aliphatic carbocycles. The van der Waals surface area contributed by atoms with Gasteiger partial charge in [0.1, 0.15) is 0 Å². The minimum Gasteiger partial charge on any atom is -0.481 e. The van der Waals surface area contributed by atoms with E-state index in [9.17, 15) is 9.59 Å². The summed E-state index contributed by atoms with van der Waals surface area (Å²) in [6, 6.07) is 0.111. The molecule has 2 amide bonds. The van der Waals surface area contributed by atoms with Crippen LogP contribution in [0.3, 0.4) is 0 Å². The minimum atomic E-state index is -0.817. The third-order valence-corrected chi connectivity index (χ3v) is 3.72. The summed E-state index contributed by atoms with van der Waals surface area (Å²) in [6.07, 6.45) is 8.77. The SMILES string of the molecule is CC(CCNC(=O)NC1CCCCCCC1)C(=O)O. The zero-order valence-corrected chi connectivity index (χ0v) is 11.8. The van der Waals surface area contributed by atoms with Gasteiger partial charge in [-0.15, -0.1) is 0 Å². The summed E-state index contributed by atoms with van der Waals surface area (Å²) in [4.78, 5) is 22.3. The molecule has 0 heterocycles. The fourth-order valence-electron chi connectivity index (χ4n) is 2.36. The van der Waals surface area contributed by atoms with E-state index in [1.165, 1.54) is 32.1 Å². The summed E-state index contributed by atoms with van der Waals surface area (Å²) in [7, 11) is 0. The lowest BCUT2D eigenvalue weighted by molar-refractivity contribution is -0.141. The molecule has 1 fully saturated rings. The number of amides is 2. The number of aliphatic carboxylic acids is 1. The lowest BCUT2D eigenvalue weighted by Crippen LogP contribution is -2.43. The van der Waals surface area contributed by atoms with Crippen molar-refractivity contribution in [3.8, 4) is 0 Å². The molecule has 1 unspecified atom stereocenters. The van der Waals surface area contributed by atoms with Gasteiger partial charge in [0.25, 0.3) is 0 Å². The Bertz CT molecular complexity index is 286. The predicted molar refractivity (Wildman–Crippen MR) is 74.1 cm³/mol. The van der Waals surface area contributed by atoms with E-state index in [2.05, 4.69) is 10.6 Å². The summed E-state index contributed by atoms with van der Waals surface area (Å²) in [5, 5.41) is 14.5. The van der Waals surface area contributed by atoms with Crippen molar-refractivity contribution in [2.75, 3.05) is 6.54 Å². The Hall–Kier alpha value is -1.26. The molecule has 110 valence electrons. The van der Waals surface area contributed by atoms with Gasteiger partial charge in [-0.25, -0.2) is 4.79 Å². The number of urea groups is 1. The van der Waals surface area contributed by atoms with Gasteiger partial charge in [0, 0.05) is 12.6 Å². The van der Waals surface area contributed by atoms with Crippen molar-refractivity contribution in [1.82, 2.24) is 10.6 Å². The Kier molecular flexibility index (Phi) is 7.30. The Morgan fingerprint density at radius 2 is 1.74 bits per heavy atom. The average molecular weight is 270 g/mol. The van der Waals surface area contributed by atoms with Crippen molar-refractivity contribution in [3.63, 3.8) is 0 Å². The molecule has 3 N–H and O–H groups in total. The number of hydrogen-bond donors (Lipinski definition) is 3. The molecule has 5 heteroatoms. The number of carbonyl (C=O) groups excluding carboxylic acids is 1. The van der Waals surface area contributed by atoms with Gasteiger partial charge in [-0.1, -0.05) is 39.0 Å². The quantitative estimate of drug-likeness (QED) is 0.718. The Morgan fingerprint density at radius 1 is 1.16 bits per heavy atom. The van der Waals surface area contributed by atoms with Gasteiger partial charge in [-0.05, 0) is 19.3 Å². The van der Waals surface area contributed by atoms with Crippen molar-refractivity contribution in [3.05, 3.63) is 0 Å². The normalized spacial score (nSPS) is 19.0. The van der Waals surface area contributed by atoms with E-state index in [-0.39, 0.29) is 12.1 Å². The molecule has 1 aliphatic rings. The molecule has 1 saturated carbocycles. The highest BCUT2D eigenvalue weighted by molar-refractivity contribution is 5.74. The molecule has 0 aliphatic heterocycles. The van der Waals surface area contributed by atoms with E-state index in [4.69, 9.17) is 5.11 Å². The molecule has 0 saturated heterocycles. The van der Waals surface area contributed by atoms with Crippen LogP contribution in [0.4, 0.5) is 4.79 Å². The lowest BCUT2D eigenvalue weighted by atomic mass is 9.97. The van der Waals surface area contributed by atoms with Gasteiger partial charge in [0.2, 0.25) is 0 Å². The largest absolute Gasteiger partial charge is 0.481 e. The maximum atomic E-state index is 11.7. The summed E-state index contributed by atoms with van der Waals surface area (Å²) < 4.78 is 0. The molecule has 1 rings (SSSR count). The minimum absolute atomic E-state index is 0.164. The highest BCUT2D eigenvalue weighted by Gasteiger charge is 2.14. The number of rotatable bonds is 5. The average Bonchev–Trinajstić information content (AvgIpc) is 2.32. The molecule has 19 heavy (non-hydrogen) atoms. The zero-order valence-electron chi connectivity index (χ0n) is 11.8. The van der Waals surface area contributed by atoms with Crippen molar-refractivity contribution < 1.29 is 14.7 Å². The van der Waals surface area contributed by atoms with E-state index >= 15 is 0 Å². The van der Waals surface area contributed by atoms with E-state index in [0.717, 1.165) is 12.8 Å². The van der Waals surface area contributed by atoms with Crippen LogP contribution < -0.4 is 10.6 Å². The van der Waals surface area contributed by atoms with Crippen LogP contribution in [-0.2, 0) is 4.79 Å². The van der Waals surface area contributed by atoms with Crippen LogP contribution >= 0.6 is 0 Å². The third-order valence-electron chi connectivity index (χ3n) is 3.72. The summed E-state index contributed by atoms with van der Waals surface area (Å²) >= 11 is 0. The smallest absolute Gasteiger partial charge is 0.315 e. The molecule has 0 radical (unpaired) electrons. The first-order chi connectivity index (χ1) is 9.09. The second-order valence-corrected chi connectivity index (χ2v) is 5.47. The molecular formula is C14H26N2O3. The van der Waals surface area contributed by atoms with Crippen molar-refractivity contribution >= 4 is 12.0 Å². The van der Waals surface area contributed by atoms with Crippen LogP contribution in [0.5, 0.6) is 0 Å². The molecule has 0 spiro atoms. The van der Waals surface area contributed by atoms with Gasteiger partial charge in [0.15, 0.2) is 0 Å². The van der Waals surface area contributed by atoms with Crippen LogP contribution in [0.1, 0.15) is 58.3 Å². The summed E-state index contributed by atoms with van der Waals surface area (Å²) in [6.45, 7) is 2.06. The van der Waals surface area contributed by atoms with Crippen LogP contribution in [-0.4, -0.2) is 29.7 Å². The monoisotopic (exact) mass is 270 g/mol. The second-order valence-electron chi connectivity index (χ2n) is 5.47. The summed E-state index contributed by atoms with van der Waals surface area (Å²) in [5.74, 6) is -1.23. The highest BCUT2D eigenvalue weighted by Crippen LogP contribution is 2.16. The highest BCUT2D eigenvalue weighted by atomic mass is 16.4. The van der Waals surface area contributed by atoms with Crippen LogP contribution in [0.15, 0.2) is 0 Å². The maximum absolute atomic E-state index is 11.7.